The Morgan fingerprint density at radius 2 is 1.93 bits per heavy atom. The number of methoxy groups -OCH3 is 1. The van der Waals surface area contributed by atoms with Gasteiger partial charge in [0, 0.05) is 32.8 Å². The molecule has 0 aliphatic carbocycles. The summed E-state index contributed by atoms with van der Waals surface area (Å²) in [4.78, 5) is 10.7. The van der Waals surface area contributed by atoms with Crippen LogP contribution in [0.15, 0.2) is 6.07 Å². The average Bonchev–Trinajstić information content (AvgIpc) is 2.64. The summed E-state index contributed by atoms with van der Waals surface area (Å²) >= 11 is 0. The highest BCUT2D eigenvalue weighted by molar-refractivity contribution is 7.91. The average molecular weight is 472 g/mol. The largest absolute Gasteiger partial charge is 0.377 e. The third kappa shape index (κ3) is 7.89. The van der Waals surface area contributed by atoms with Gasteiger partial charge in [0.15, 0.2) is 5.82 Å². The lowest BCUT2D eigenvalue weighted by Gasteiger charge is -2.32. The maximum atomic E-state index is 12.4. The summed E-state index contributed by atoms with van der Waals surface area (Å²) in [5.41, 5.74) is 0. The second-order valence-electron chi connectivity index (χ2n) is 7.13. The highest BCUT2D eigenvalue weighted by atomic mass is 32.2. The number of hydrogen-bond acceptors (Lipinski definition) is 9. The number of nitrogens with one attached hydrogen (secondary N) is 1. The van der Waals surface area contributed by atoms with E-state index in [0.717, 1.165) is 0 Å². The van der Waals surface area contributed by atoms with Crippen molar-refractivity contribution < 1.29 is 30.4 Å². The lowest BCUT2D eigenvalue weighted by Crippen LogP contribution is -2.37. The van der Waals surface area contributed by atoms with Crippen LogP contribution < -0.4 is 15.4 Å². The van der Waals surface area contributed by atoms with Gasteiger partial charge in [-0.05, 0) is 25.2 Å². The fraction of sp³-hybridized carbons (Fsp3) is 0.750. The first kappa shape index (κ1) is 24.6. The van der Waals surface area contributed by atoms with Crippen LogP contribution in [0.3, 0.4) is 0 Å². The summed E-state index contributed by atoms with van der Waals surface area (Å²) in [6.07, 6.45) is 1.30. The number of nitrogens with two attached hydrogens (primary N) is 1. The molecule has 0 unspecified atom stereocenters. The van der Waals surface area contributed by atoms with E-state index in [9.17, 15) is 25.6 Å². The predicted molar refractivity (Wildman–Crippen MR) is 109 cm³/mol. The zero-order chi connectivity index (χ0) is 22.4. The maximum absolute atomic E-state index is 12.4. The molecule has 3 N–H and O–H groups in total. The number of aromatic nitrogens is 2. The van der Waals surface area contributed by atoms with E-state index in [1.54, 1.807) is 6.07 Å². The number of halogens is 2. The first-order valence-electron chi connectivity index (χ1n) is 9.36. The second kappa shape index (κ2) is 10.6. The molecular formula is C16H27F2N5O5S2. The van der Waals surface area contributed by atoms with Crippen LogP contribution >= 0.6 is 0 Å². The number of sulfonamides is 1. The van der Waals surface area contributed by atoms with Gasteiger partial charge < -0.3 is 15.0 Å². The molecule has 2 heterocycles. The van der Waals surface area contributed by atoms with Crippen molar-refractivity contribution in [3.8, 4) is 0 Å². The van der Waals surface area contributed by atoms with Gasteiger partial charge in [-0.2, -0.15) is 8.78 Å². The Morgan fingerprint density at radius 1 is 1.27 bits per heavy atom. The van der Waals surface area contributed by atoms with Crippen LogP contribution in [0.1, 0.15) is 25.1 Å². The monoisotopic (exact) mass is 471 g/mol. The zero-order valence-corrected chi connectivity index (χ0v) is 18.3. The molecule has 0 amide bonds. The number of primary sulfonamides is 1. The van der Waals surface area contributed by atoms with Gasteiger partial charge in [-0.3, -0.25) is 0 Å². The minimum atomic E-state index is -4.40. The Morgan fingerprint density at radius 3 is 2.50 bits per heavy atom. The number of ether oxygens (including phenoxy) is 1. The summed E-state index contributed by atoms with van der Waals surface area (Å²) in [5.74, 6) is -2.61. The molecule has 0 atom stereocenters. The highest BCUT2D eigenvalue weighted by Crippen LogP contribution is 2.24. The Labute approximate surface area is 175 Å². The smallest absolute Gasteiger partial charge is 0.336 e. The molecule has 2 rings (SSSR count). The standard InChI is InChI=1S/C16H27F2N5O5S2/c1-28-10-14-21-13(20-5-2-8-29(24,25)16(17)18)9-15(22-14)23-6-3-12(4-7-23)11-30(19,26)27/h9,12,16H,2-8,10-11H2,1H3,(H2,19,26,27)(H,20,21,22). The first-order chi connectivity index (χ1) is 14.0. The molecular weight excluding hydrogens is 444 g/mol. The SMILES string of the molecule is COCc1nc(NCCCS(=O)(=O)C(F)F)cc(N2CCC(CS(N)(=O)=O)CC2)n1. The summed E-state index contributed by atoms with van der Waals surface area (Å²) in [7, 11) is -6.42. The van der Waals surface area contributed by atoms with Crippen molar-refractivity contribution in [3.63, 3.8) is 0 Å². The highest BCUT2D eigenvalue weighted by Gasteiger charge is 2.25. The van der Waals surface area contributed by atoms with E-state index < -0.39 is 31.4 Å². The van der Waals surface area contributed by atoms with E-state index in [2.05, 4.69) is 15.3 Å². The van der Waals surface area contributed by atoms with E-state index in [4.69, 9.17) is 9.88 Å². The van der Waals surface area contributed by atoms with Crippen LogP contribution in [0.2, 0.25) is 0 Å². The fourth-order valence-electron chi connectivity index (χ4n) is 3.17. The zero-order valence-electron chi connectivity index (χ0n) is 16.6. The molecule has 30 heavy (non-hydrogen) atoms. The molecule has 0 radical (unpaired) electrons. The molecule has 1 aromatic heterocycles. The minimum absolute atomic E-state index is 0.00454. The number of sulfone groups is 1. The van der Waals surface area contributed by atoms with Crippen LogP contribution in [0.4, 0.5) is 20.4 Å². The number of nitrogens with zero attached hydrogens (tertiary/aromatic N) is 3. The second-order valence-corrected chi connectivity index (χ2v) is 10.9. The Balaban J connectivity index is 2.00. The van der Waals surface area contributed by atoms with Gasteiger partial charge in [-0.15, -0.1) is 0 Å². The van der Waals surface area contributed by atoms with Gasteiger partial charge in [0.1, 0.15) is 18.2 Å². The molecule has 10 nitrogen and oxygen atoms in total. The van der Waals surface area contributed by atoms with Gasteiger partial charge >= 0.3 is 5.76 Å². The first-order valence-corrected chi connectivity index (χ1v) is 12.8. The Bertz CT molecular complexity index is 907. The molecule has 0 saturated carbocycles. The van der Waals surface area contributed by atoms with E-state index in [1.807, 2.05) is 4.90 Å². The lowest BCUT2D eigenvalue weighted by molar-refractivity contribution is 0.178. The maximum Gasteiger partial charge on any atom is 0.336 e. The van der Waals surface area contributed by atoms with Crippen molar-refractivity contribution in [2.75, 3.05) is 48.5 Å². The number of hydrogen-bond donors (Lipinski definition) is 2. The van der Waals surface area contributed by atoms with Crippen LogP contribution in [0, 0.1) is 5.92 Å². The molecule has 172 valence electrons. The third-order valence-electron chi connectivity index (χ3n) is 4.62. The summed E-state index contributed by atoms with van der Waals surface area (Å²) in [6.45, 7) is 1.49. The van der Waals surface area contributed by atoms with E-state index in [-0.39, 0.29) is 31.2 Å². The molecule has 1 fully saturated rings. The normalized spacial score (nSPS) is 16.2. The van der Waals surface area contributed by atoms with Gasteiger partial charge in [0.25, 0.3) is 0 Å². The van der Waals surface area contributed by atoms with Gasteiger partial charge in [0.05, 0.1) is 11.5 Å². The van der Waals surface area contributed by atoms with Crippen molar-refractivity contribution >= 4 is 31.5 Å². The molecule has 0 bridgehead atoms. The molecule has 1 aliphatic rings. The number of anilines is 2. The van der Waals surface area contributed by atoms with Gasteiger partial charge in [-0.1, -0.05) is 0 Å². The molecule has 0 spiro atoms. The molecule has 1 aromatic rings. The summed E-state index contributed by atoms with van der Waals surface area (Å²) in [6, 6.07) is 1.68. The summed E-state index contributed by atoms with van der Waals surface area (Å²) in [5, 5.41) is 8.06. The molecule has 14 heteroatoms. The van der Waals surface area contributed by atoms with E-state index in [0.29, 0.717) is 43.4 Å². The Hall–Kier alpha value is -1.64. The van der Waals surface area contributed by atoms with Crippen LogP contribution in [-0.2, 0) is 31.2 Å². The van der Waals surface area contributed by atoms with Crippen molar-refractivity contribution in [2.45, 2.75) is 31.6 Å². The van der Waals surface area contributed by atoms with Crippen LogP contribution in [-0.4, -0.2) is 70.8 Å². The van der Waals surface area contributed by atoms with Crippen LogP contribution in [0.25, 0.3) is 0 Å². The van der Waals surface area contributed by atoms with Crippen molar-refractivity contribution in [2.24, 2.45) is 11.1 Å². The van der Waals surface area contributed by atoms with Crippen LogP contribution in [0.5, 0.6) is 0 Å². The predicted octanol–water partition coefficient (Wildman–Crippen LogP) is 0.567. The number of rotatable bonds is 11. The van der Waals surface area contributed by atoms with E-state index in [1.165, 1.54) is 7.11 Å². The van der Waals surface area contributed by atoms with Crippen molar-refractivity contribution in [1.82, 2.24) is 9.97 Å². The topological polar surface area (TPSA) is 145 Å². The number of piperidine rings is 1. The van der Waals surface area contributed by atoms with E-state index >= 15 is 0 Å². The van der Waals surface area contributed by atoms with Gasteiger partial charge in [-0.25, -0.2) is 31.9 Å². The number of alkyl halides is 2. The van der Waals surface area contributed by atoms with Crippen molar-refractivity contribution in [1.29, 1.82) is 0 Å². The van der Waals surface area contributed by atoms with Crippen molar-refractivity contribution in [3.05, 3.63) is 11.9 Å². The minimum Gasteiger partial charge on any atom is -0.377 e. The quantitative estimate of drug-likeness (QED) is 0.442. The molecule has 0 aromatic carbocycles. The molecule has 1 aliphatic heterocycles. The molecule has 1 saturated heterocycles. The lowest BCUT2D eigenvalue weighted by atomic mass is 9.99. The summed E-state index contributed by atoms with van der Waals surface area (Å²) < 4.78 is 74.8. The fourth-order valence-corrected chi connectivity index (χ4v) is 4.88. The van der Waals surface area contributed by atoms with Gasteiger partial charge in [0.2, 0.25) is 19.9 Å². The Kier molecular flexibility index (Phi) is 8.70. The third-order valence-corrected chi connectivity index (χ3v) is 6.96.